The molecule has 2 fully saturated rings. The van der Waals surface area contributed by atoms with E-state index in [0.29, 0.717) is 31.0 Å². The number of guanidine groups is 1. The summed E-state index contributed by atoms with van der Waals surface area (Å²) >= 11 is 0. The molecule has 166 valence electrons. The monoisotopic (exact) mass is 416 g/mol. The second-order valence-corrected chi connectivity index (χ2v) is 8.11. The van der Waals surface area contributed by atoms with Crippen molar-refractivity contribution < 1.29 is 14.3 Å². The molecule has 0 atom stereocenters. The molecule has 2 saturated carbocycles. The van der Waals surface area contributed by atoms with Crippen LogP contribution in [0.3, 0.4) is 0 Å². The highest BCUT2D eigenvalue weighted by Gasteiger charge is 2.23. The first-order valence-corrected chi connectivity index (χ1v) is 11.3. The zero-order valence-electron chi connectivity index (χ0n) is 18.1. The summed E-state index contributed by atoms with van der Waals surface area (Å²) in [5.41, 5.74) is 1.06. The first-order chi connectivity index (χ1) is 14.7. The van der Waals surface area contributed by atoms with E-state index in [4.69, 9.17) is 9.47 Å². The number of rotatable bonds is 10. The lowest BCUT2D eigenvalue weighted by Gasteiger charge is -2.17. The van der Waals surface area contributed by atoms with Crippen molar-refractivity contribution in [2.45, 2.75) is 70.1 Å². The van der Waals surface area contributed by atoms with Gasteiger partial charge >= 0.3 is 0 Å². The third kappa shape index (κ3) is 8.61. The van der Waals surface area contributed by atoms with Crippen molar-refractivity contribution in [1.29, 1.82) is 0 Å². The van der Waals surface area contributed by atoms with E-state index in [0.717, 1.165) is 30.9 Å². The molecule has 3 N–H and O–H groups in total. The highest BCUT2D eigenvalue weighted by molar-refractivity contribution is 5.79. The molecular formula is C23H36N4O3. The predicted molar refractivity (Wildman–Crippen MR) is 119 cm³/mol. The van der Waals surface area contributed by atoms with E-state index in [1.807, 2.05) is 24.3 Å². The molecule has 0 aromatic heterocycles. The van der Waals surface area contributed by atoms with Crippen LogP contribution in [0.25, 0.3) is 0 Å². The molecule has 3 rings (SSSR count). The van der Waals surface area contributed by atoms with E-state index in [-0.39, 0.29) is 12.5 Å². The molecule has 7 heteroatoms. The van der Waals surface area contributed by atoms with Gasteiger partial charge in [-0.15, -0.1) is 0 Å². The zero-order chi connectivity index (χ0) is 21.0. The maximum atomic E-state index is 11.8. The summed E-state index contributed by atoms with van der Waals surface area (Å²) in [5, 5.41) is 9.54. The van der Waals surface area contributed by atoms with Gasteiger partial charge in [-0.25, -0.2) is 0 Å². The van der Waals surface area contributed by atoms with Gasteiger partial charge < -0.3 is 25.4 Å². The molecule has 0 unspecified atom stereocenters. The van der Waals surface area contributed by atoms with Crippen LogP contribution in [0.5, 0.6) is 5.75 Å². The van der Waals surface area contributed by atoms with Gasteiger partial charge in [0.05, 0.1) is 12.7 Å². The largest absolute Gasteiger partial charge is 0.484 e. The van der Waals surface area contributed by atoms with Crippen LogP contribution in [0.15, 0.2) is 29.3 Å². The highest BCUT2D eigenvalue weighted by atomic mass is 16.5. The Morgan fingerprint density at radius 2 is 1.90 bits per heavy atom. The number of hydrogen-bond donors (Lipinski definition) is 3. The lowest BCUT2D eigenvalue weighted by atomic mass is 10.1. The summed E-state index contributed by atoms with van der Waals surface area (Å²) in [4.78, 5) is 16.0. The smallest absolute Gasteiger partial charge is 0.258 e. The van der Waals surface area contributed by atoms with Crippen LogP contribution in [0.2, 0.25) is 0 Å². The molecule has 7 nitrogen and oxygen atoms in total. The van der Waals surface area contributed by atoms with Gasteiger partial charge in [-0.05, 0) is 43.4 Å². The van der Waals surface area contributed by atoms with E-state index >= 15 is 0 Å². The minimum atomic E-state index is -0.0586. The summed E-state index contributed by atoms with van der Waals surface area (Å²) < 4.78 is 11.6. The van der Waals surface area contributed by atoms with Crippen LogP contribution in [0.1, 0.15) is 56.9 Å². The van der Waals surface area contributed by atoms with Crippen LogP contribution in [-0.2, 0) is 16.1 Å². The first-order valence-electron chi connectivity index (χ1n) is 11.3. The lowest BCUT2D eigenvalue weighted by molar-refractivity contribution is -0.123. The number of carbonyl (C=O) groups excluding carboxylic acids is 1. The minimum absolute atomic E-state index is 0.0532. The van der Waals surface area contributed by atoms with Crippen molar-refractivity contribution in [2.75, 3.05) is 26.8 Å². The Bertz CT molecular complexity index is 683. The molecule has 1 aromatic carbocycles. The van der Waals surface area contributed by atoms with Crippen molar-refractivity contribution in [3.63, 3.8) is 0 Å². The highest BCUT2D eigenvalue weighted by Crippen LogP contribution is 2.20. The predicted octanol–water partition coefficient (Wildman–Crippen LogP) is 2.75. The summed E-state index contributed by atoms with van der Waals surface area (Å²) in [6.07, 6.45) is 10.2. The van der Waals surface area contributed by atoms with Gasteiger partial charge in [-0.2, -0.15) is 0 Å². The van der Waals surface area contributed by atoms with Gasteiger partial charge in [0.15, 0.2) is 12.6 Å². The van der Waals surface area contributed by atoms with E-state index in [1.54, 1.807) is 7.05 Å². The number of amides is 1. The minimum Gasteiger partial charge on any atom is -0.484 e. The number of hydrogen-bond acceptors (Lipinski definition) is 4. The number of aliphatic imine (C=N–C) groups is 1. The average Bonchev–Trinajstić information content (AvgIpc) is 3.60. The molecule has 0 spiro atoms. The topological polar surface area (TPSA) is 84.0 Å². The Morgan fingerprint density at radius 3 is 2.63 bits per heavy atom. The third-order valence-corrected chi connectivity index (χ3v) is 5.44. The molecule has 0 bridgehead atoms. The summed E-state index contributed by atoms with van der Waals surface area (Å²) in [6, 6.07) is 8.12. The van der Waals surface area contributed by atoms with Gasteiger partial charge in [0.25, 0.3) is 5.91 Å². The molecule has 0 heterocycles. The van der Waals surface area contributed by atoms with Crippen molar-refractivity contribution in [3.05, 3.63) is 29.8 Å². The molecule has 1 aromatic rings. The Hall–Kier alpha value is -2.28. The van der Waals surface area contributed by atoms with E-state index in [9.17, 15) is 4.79 Å². The molecule has 2 aliphatic carbocycles. The van der Waals surface area contributed by atoms with Crippen LogP contribution >= 0.6 is 0 Å². The average molecular weight is 417 g/mol. The number of ether oxygens (including phenoxy) is 2. The summed E-state index contributed by atoms with van der Waals surface area (Å²) in [7, 11) is 1.76. The number of nitrogens with zero attached hydrogens (tertiary/aromatic N) is 1. The molecule has 0 radical (unpaired) electrons. The fourth-order valence-corrected chi connectivity index (χ4v) is 3.60. The van der Waals surface area contributed by atoms with Crippen molar-refractivity contribution in [2.24, 2.45) is 4.99 Å². The molecule has 0 saturated heterocycles. The second-order valence-electron chi connectivity index (χ2n) is 8.11. The Labute approximate surface area is 180 Å². The first kappa shape index (κ1) is 22.4. The molecular weight excluding hydrogens is 380 g/mol. The maximum absolute atomic E-state index is 11.8. The standard InChI is InChI=1S/C23H36N4O3/c1-24-23(25-13-14-29-20-8-4-2-3-5-9-20)26-16-18-7-6-10-21(15-18)30-17-22(28)27-19-11-12-19/h6-7,10,15,19-20H,2-5,8-9,11-14,16-17H2,1H3,(H,27,28)(H2,24,25,26). The molecule has 2 aliphatic rings. The molecule has 0 aliphatic heterocycles. The molecule has 1 amide bonds. The van der Waals surface area contributed by atoms with E-state index in [2.05, 4.69) is 20.9 Å². The van der Waals surface area contributed by atoms with Crippen molar-refractivity contribution >= 4 is 11.9 Å². The second kappa shape index (κ2) is 12.4. The molecule has 30 heavy (non-hydrogen) atoms. The van der Waals surface area contributed by atoms with E-state index < -0.39 is 0 Å². The Morgan fingerprint density at radius 1 is 1.10 bits per heavy atom. The maximum Gasteiger partial charge on any atom is 0.258 e. The fraction of sp³-hybridized carbons (Fsp3) is 0.652. The van der Waals surface area contributed by atoms with Crippen LogP contribution in [0, 0.1) is 0 Å². The lowest BCUT2D eigenvalue weighted by Crippen LogP contribution is -2.38. The summed E-state index contributed by atoms with van der Waals surface area (Å²) in [6.45, 7) is 2.10. The van der Waals surface area contributed by atoms with Crippen LogP contribution in [-0.4, -0.2) is 50.8 Å². The van der Waals surface area contributed by atoms with Gasteiger partial charge in [0.2, 0.25) is 0 Å². The van der Waals surface area contributed by atoms with Gasteiger partial charge in [-0.1, -0.05) is 37.8 Å². The van der Waals surface area contributed by atoms with Crippen molar-refractivity contribution in [1.82, 2.24) is 16.0 Å². The quantitative estimate of drug-likeness (QED) is 0.236. The fourth-order valence-electron chi connectivity index (χ4n) is 3.60. The summed E-state index contributed by atoms with van der Waals surface area (Å²) in [5.74, 6) is 1.38. The van der Waals surface area contributed by atoms with Gasteiger partial charge in [0, 0.05) is 26.2 Å². The number of carbonyl (C=O) groups is 1. The zero-order valence-corrected chi connectivity index (χ0v) is 18.1. The van der Waals surface area contributed by atoms with Gasteiger partial charge in [0.1, 0.15) is 5.75 Å². The SMILES string of the molecule is CN=C(NCCOC1CCCCCC1)NCc1cccc(OCC(=O)NC2CC2)c1. The number of nitrogens with one attached hydrogen (secondary N) is 3. The van der Waals surface area contributed by atoms with Gasteiger partial charge in [-0.3, -0.25) is 9.79 Å². The van der Waals surface area contributed by atoms with Crippen molar-refractivity contribution in [3.8, 4) is 5.75 Å². The normalized spacial score (nSPS) is 17.8. The van der Waals surface area contributed by atoms with E-state index in [1.165, 1.54) is 38.5 Å². The Kier molecular flexibility index (Phi) is 9.28. The third-order valence-electron chi connectivity index (χ3n) is 5.44. The van der Waals surface area contributed by atoms with Crippen LogP contribution < -0.4 is 20.7 Å². The Balaban J connectivity index is 1.33. The van der Waals surface area contributed by atoms with Crippen LogP contribution in [0.4, 0.5) is 0 Å². The number of benzene rings is 1.